The van der Waals surface area contributed by atoms with E-state index >= 15 is 0 Å². The van der Waals surface area contributed by atoms with Crippen molar-refractivity contribution in [3.05, 3.63) is 35.6 Å². The molecule has 2 saturated carbocycles. The number of aliphatic hydroxyl groups is 1. The van der Waals surface area contributed by atoms with Gasteiger partial charge >= 0.3 is 0 Å². The quantitative estimate of drug-likeness (QED) is 0.771. The zero-order valence-electron chi connectivity index (χ0n) is 13.3. The fourth-order valence-electron chi connectivity index (χ4n) is 3.04. The molecule has 0 bridgehead atoms. The molecule has 23 heavy (non-hydrogen) atoms. The fourth-order valence-corrected chi connectivity index (χ4v) is 3.04. The molecule has 1 aromatic carbocycles. The number of carbonyl (C=O) groups is 1. The minimum atomic E-state index is -0.692. The maximum atomic E-state index is 13.1. The summed E-state index contributed by atoms with van der Waals surface area (Å²) in [5.74, 6) is 0.275. The summed E-state index contributed by atoms with van der Waals surface area (Å²) >= 11 is 0. The van der Waals surface area contributed by atoms with E-state index in [1.165, 1.54) is 25.0 Å². The summed E-state index contributed by atoms with van der Waals surface area (Å²) < 4.78 is 18.5. The van der Waals surface area contributed by atoms with Gasteiger partial charge in [0, 0.05) is 13.2 Å². The first-order valence-corrected chi connectivity index (χ1v) is 8.40. The van der Waals surface area contributed by atoms with Crippen LogP contribution in [0.3, 0.4) is 0 Å². The Morgan fingerprint density at radius 3 is 2.61 bits per heavy atom. The van der Waals surface area contributed by atoms with Crippen molar-refractivity contribution in [1.29, 1.82) is 0 Å². The zero-order chi connectivity index (χ0) is 16.3. The molecule has 0 radical (unpaired) electrons. The average Bonchev–Trinajstić information content (AvgIpc) is 3.30. The van der Waals surface area contributed by atoms with Crippen molar-refractivity contribution in [2.75, 3.05) is 19.8 Å². The molecule has 0 aliphatic heterocycles. The second-order valence-corrected chi connectivity index (χ2v) is 6.79. The SMILES string of the molecule is O=C(NCC(O)COCC1CC1)C1(c2ccc(F)cc2)CCC1. The Morgan fingerprint density at radius 2 is 2.04 bits per heavy atom. The molecule has 2 N–H and O–H groups in total. The second-order valence-electron chi connectivity index (χ2n) is 6.79. The smallest absolute Gasteiger partial charge is 0.230 e. The lowest BCUT2D eigenvalue weighted by atomic mass is 9.64. The van der Waals surface area contributed by atoms with E-state index in [-0.39, 0.29) is 24.9 Å². The van der Waals surface area contributed by atoms with Gasteiger partial charge < -0.3 is 15.2 Å². The molecule has 3 rings (SSSR count). The first kappa shape index (κ1) is 16.4. The fraction of sp³-hybridized carbons (Fsp3) is 0.611. The third-order valence-corrected chi connectivity index (χ3v) is 4.90. The van der Waals surface area contributed by atoms with Crippen LogP contribution in [-0.2, 0) is 14.9 Å². The van der Waals surface area contributed by atoms with Gasteiger partial charge in [-0.15, -0.1) is 0 Å². The van der Waals surface area contributed by atoms with Crippen LogP contribution in [-0.4, -0.2) is 36.9 Å². The van der Waals surface area contributed by atoms with E-state index in [0.717, 1.165) is 24.8 Å². The summed E-state index contributed by atoms with van der Waals surface area (Å²) in [4.78, 5) is 12.6. The van der Waals surface area contributed by atoms with Gasteiger partial charge in [0.2, 0.25) is 5.91 Å². The van der Waals surface area contributed by atoms with Gasteiger partial charge in [-0.3, -0.25) is 4.79 Å². The van der Waals surface area contributed by atoms with E-state index in [1.807, 2.05) is 0 Å². The van der Waals surface area contributed by atoms with E-state index in [9.17, 15) is 14.3 Å². The second kappa shape index (κ2) is 6.97. The molecule has 126 valence electrons. The van der Waals surface area contributed by atoms with Crippen molar-refractivity contribution in [1.82, 2.24) is 5.32 Å². The largest absolute Gasteiger partial charge is 0.389 e. The monoisotopic (exact) mass is 321 g/mol. The molecular weight excluding hydrogens is 297 g/mol. The lowest BCUT2D eigenvalue weighted by Crippen LogP contribution is -2.51. The molecule has 0 aromatic heterocycles. The van der Waals surface area contributed by atoms with E-state index in [2.05, 4.69) is 5.32 Å². The predicted octanol–water partition coefficient (Wildman–Crippen LogP) is 2.15. The first-order valence-electron chi connectivity index (χ1n) is 8.40. The molecule has 1 unspecified atom stereocenters. The summed E-state index contributed by atoms with van der Waals surface area (Å²) in [5.41, 5.74) is 0.282. The van der Waals surface area contributed by atoms with Crippen LogP contribution in [0, 0.1) is 11.7 Å². The van der Waals surface area contributed by atoms with Crippen LogP contribution < -0.4 is 5.32 Å². The van der Waals surface area contributed by atoms with Crippen molar-refractivity contribution >= 4 is 5.91 Å². The Labute approximate surface area is 136 Å². The van der Waals surface area contributed by atoms with Crippen LogP contribution in [0.4, 0.5) is 4.39 Å². The molecular formula is C18H24FNO3. The lowest BCUT2D eigenvalue weighted by Gasteiger charge is -2.41. The number of benzene rings is 1. The van der Waals surface area contributed by atoms with Crippen LogP contribution in [0.5, 0.6) is 0 Å². The maximum absolute atomic E-state index is 13.1. The van der Waals surface area contributed by atoms with Gasteiger partial charge in [-0.05, 0) is 49.3 Å². The number of hydrogen-bond acceptors (Lipinski definition) is 3. The minimum absolute atomic E-state index is 0.0865. The summed E-state index contributed by atoms with van der Waals surface area (Å²) in [5, 5.41) is 12.7. The minimum Gasteiger partial charge on any atom is -0.389 e. The highest BCUT2D eigenvalue weighted by molar-refractivity contribution is 5.89. The molecule has 1 atom stereocenters. The Hall–Kier alpha value is -1.46. The molecule has 4 nitrogen and oxygen atoms in total. The Balaban J connectivity index is 1.50. The van der Waals surface area contributed by atoms with E-state index in [4.69, 9.17) is 4.74 Å². The normalized spacial score (nSPS) is 20.6. The molecule has 2 aliphatic rings. The van der Waals surface area contributed by atoms with Crippen molar-refractivity contribution in [2.24, 2.45) is 5.92 Å². The lowest BCUT2D eigenvalue weighted by molar-refractivity contribution is -0.130. The van der Waals surface area contributed by atoms with Gasteiger partial charge in [0.25, 0.3) is 0 Å². The zero-order valence-corrected chi connectivity index (χ0v) is 13.3. The number of ether oxygens (including phenoxy) is 1. The Kier molecular flexibility index (Phi) is 4.97. The highest BCUT2D eigenvalue weighted by Gasteiger charge is 2.45. The van der Waals surface area contributed by atoms with Crippen molar-refractivity contribution in [3.8, 4) is 0 Å². The van der Waals surface area contributed by atoms with E-state index in [1.54, 1.807) is 12.1 Å². The summed E-state index contributed by atoms with van der Waals surface area (Å²) in [6.07, 6.45) is 4.25. The van der Waals surface area contributed by atoms with Gasteiger partial charge in [0.1, 0.15) is 5.82 Å². The van der Waals surface area contributed by atoms with Crippen LogP contribution in [0.1, 0.15) is 37.7 Å². The number of hydrogen-bond donors (Lipinski definition) is 2. The van der Waals surface area contributed by atoms with Gasteiger partial charge in [-0.1, -0.05) is 18.6 Å². The standard InChI is InChI=1S/C18H24FNO3/c19-15-6-4-14(5-7-15)18(8-1-9-18)17(22)20-10-16(21)12-23-11-13-2-3-13/h4-7,13,16,21H,1-3,8-12H2,(H,20,22). The molecule has 5 heteroatoms. The number of amides is 1. The highest BCUT2D eigenvalue weighted by Crippen LogP contribution is 2.44. The number of aliphatic hydroxyl groups excluding tert-OH is 1. The summed E-state index contributed by atoms with van der Waals surface area (Å²) in [7, 11) is 0. The molecule has 0 heterocycles. The molecule has 0 spiro atoms. The molecule has 2 aliphatic carbocycles. The van der Waals surface area contributed by atoms with Gasteiger partial charge in [0.05, 0.1) is 18.1 Å². The third-order valence-electron chi connectivity index (χ3n) is 4.90. The number of halogens is 1. The van der Waals surface area contributed by atoms with Crippen LogP contribution >= 0.6 is 0 Å². The first-order chi connectivity index (χ1) is 11.1. The van der Waals surface area contributed by atoms with Gasteiger partial charge in [-0.25, -0.2) is 4.39 Å². The molecule has 1 amide bonds. The summed E-state index contributed by atoms with van der Waals surface area (Å²) in [6.45, 7) is 1.14. The predicted molar refractivity (Wildman–Crippen MR) is 84.5 cm³/mol. The van der Waals surface area contributed by atoms with Gasteiger partial charge in [-0.2, -0.15) is 0 Å². The highest BCUT2D eigenvalue weighted by atomic mass is 19.1. The Morgan fingerprint density at radius 1 is 1.35 bits per heavy atom. The molecule has 1 aromatic rings. The molecule has 2 fully saturated rings. The van der Waals surface area contributed by atoms with E-state index < -0.39 is 11.5 Å². The van der Waals surface area contributed by atoms with Crippen LogP contribution in [0.2, 0.25) is 0 Å². The summed E-state index contributed by atoms with van der Waals surface area (Å²) in [6, 6.07) is 6.15. The van der Waals surface area contributed by atoms with Crippen molar-refractivity contribution < 1.29 is 19.0 Å². The van der Waals surface area contributed by atoms with E-state index in [0.29, 0.717) is 12.5 Å². The maximum Gasteiger partial charge on any atom is 0.230 e. The number of carbonyl (C=O) groups excluding carboxylic acids is 1. The number of nitrogens with one attached hydrogen (secondary N) is 1. The van der Waals surface area contributed by atoms with Crippen molar-refractivity contribution in [2.45, 2.75) is 43.6 Å². The average molecular weight is 321 g/mol. The molecule has 0 saturated heterocycles. The Bertz CT molecular complexity index is 538. The van der Waals surface area contributed by atoms with Crippen LogP contribution in [0.25, 0.3) is 0 Å². The van der Waals surface area contributed by atoms with Crippen LogP contribution in [0.15, 0.2) is 24.3 Å². The van der Waals surface area contributed by atoms with Gasteiger partial charge in [0.15, 0.2) is 0 Å². The third kappa shape index (κ3) is 3.90. The number of rotatable bonds is 8. The topological polar surface area (TPSA) is 58.6 Å². The van der Waals surface area contributed by atoms with Crippen molar-refractivity contribution in [3.63, 3.8) is 0 Å².